The quantitative estimate of drug-likeness (QED) is 0.127. The van der Waals surface area contributed by atoms with Gasteiger partial charge >= 0.3 is 0 Å². The molecular weight excluding hydrogens is 647 g/mol. The van der Waals surface area contributed by atoms with Crippen LogP contribution in [0.1, 0.15) is 18.7 Å². The molecule has 2 aliphatic rings. The van der Waals surface area contributed by atoms with E-state index in [-0.39, 0.29) is 36.5 Å². The van der Waals surface area contributed by atoms with Gasteiger partial charge in [-0.3, -0.25) is 9.48 Å². The number of amides is 1. The molecule has 7 rings (SSSR count). The minimum Gasteiger partial charge on any atom is -0.490 e. The lowest BCUT2D eigenvalue weighted by molar-refractivity contribution is -0.129. The number of rotatable bonds is 9. The monoisotopic (exact) mass is 684 g/mol. The lowest BCUT2D eigenvalue weighted by Crippen LogP contribution is -2.44. The van der Waals surface area contributed by atoms with E-state index < -0.39 is 11.6 Å². The van der Waals surface area contributed by atoms with Crippen molar-refractivity contribution in [3.8, 4) is 39.5 Å². The Labute approximate surface area is 288 Å². The van der Waals surface area contributed by atoms with Crippen molar-refractivity contribution in [2.24, 2.45) is 0 Å². The molecule has 0 N–H and O–H groups in total. The Bertz CT molecular complexity index is 2020. The first-order chi connectivity index (χ1) is 23.8. The molecule has 254 valence electrons. The Morgan fingerprint density at radius 3 is 2.51 bits per heavy atom. The molecule has 1 saturated heterocycles. The second-order valence-corrected chi connectivity index (χ2v) is 13.3. The molecule has 2 aliphatic heterocycles. The van der Waals surface area contributed by atoms with E-state index >= 15 is 4.39 Å². The number of hydrogen-bond donors (Lipinski definition) is 0. The van der Waals surface area contributed by atoms with Crippen molar-refractivity contribution in [1.29, 1.82) is 0 Å². The first-order valence-corrected chi connectivity index (χ1v) is 17.2. The topological polar surface area (TPSA) is 76.0 Å². The fourth-order valence-corrected chi connectivity index (χ4v) is 7.68. The summed E-state index contributed by atoms with van der Waals surface area (Å²) in [7, 11) is 3.68. The fourth-order valence-electron chi connectivity index (χ4n) is 6.73. The van der Waals surface area contributed by atoms with Gasteiger partial charge in [0.1, 0.15) is 35.4 Å². The van der Waals surface area contributed by atoms with Crippen LogP contribution in [0.5, 0.6) is 5.75 Å². The number of pyridine rings is 1. The van der Waals surface area contributed by atoms with E-state index in [1.165, 1.54) is 30.6 Å². The summed E-state index contributed by atoms with van der Waals surface area (Å²) < 4.78 is 44.5. The second kappa shape index (κ2) is 13.7. The Kier molecular flexibility index (Phi) is 9.19. The third-order valence-corrected chi connectivity index (χ3v) is 10.3. The average Bonchev–Trinajstić information content (AvgIpc) is 3.77. The van der Waals surface area contributed by atoms with Crippen molar-refractivity contribution in [3.05, 3.63) is 83.9 Å². The number of benzene rings is 2. The highest BCUT2D eigenvalue weighted by atomic mass is 32.1. The number of likely N-dealkylation sites (N-methyl/N-ethyl adjacent to an activating group) is 1. The molecule has 2 aromatic carbocycles. The fraction of sp³-hybridized carbons (Fsp3) is 0.324. The predicted octanol–water partition coefficient (Wildman–Crippen LogP) is 6.64. The molecule has 1 unspecified atom stereocenters. The number of carbonyl (C=O) groups excluding carboxylic acids is 1. The van der Waals surface area contributed by atoms with Gasteiger partial charge in [-0.2, -0.15) is 5.10 Å². The Hall–Kier alpha value is -4.65. The zero-order valence-corrected chi connectivity index (χ0v) is 28.6. The highest BCUT2D eigenvalue weighted by molar-refractivity contribution is 7.18. The number of aromatic nitrogens is 3. The number of anilines is 1. The zero-order valence-electron chi connectivity index (χ0n) is 27.8. The van der Waals surface area contributed by atoms with Crippen LogP contribution in [0.15, 0.2) is 66.6 Å². The van der Waals surface area contributed by atoms with Crippen LogP contribution >= 0.6 is 11.3 Å². The summed E-state index contributed by atoms with van der Waals surface area (Å²) in [5.41, 5.74) is 5.13. The first kappa shape index (κ1) is 32.9. The lowest BCUT2D eigenvalue weighted by Gasteiger charge is -2.34. The van der Waals surface area contributed by atoms with Gasteiger partial charge in [-0.05, 0) is 49.7 Å². The van der Waals surface area contributed by atoms with Crippen LogP contribution in [0.2, 0.25) is 0 Å². The van der Waals surface area contributed by atoms with Crippen LogP contribution in [0, 0.1) is 11.6 Å². The van der Waals surface area contributed by atoms with E-state index in [2.05, 4.69) is 47.7 Å². The van der Waals surface area contributed by atoms with Gasteiger partial charge in [-0.1, -0.05) is 18.7 Å². The largest absolute Gasteiger partial charge is 0.490 e. The van der Waals surface area contributed by atoms with Gasteiger partial charge in [-0.25, -0.2) is 13.8 Å². The Morgan fingerprint density at radius 2 is 1.78 bits per heavy atom. The summed E-state index contributed by atoms with van der Waals surface area (Å²) in [6.07, 6.45) is 1.32. The summed E-state index contributed by atoms with van der Waals surface area (Å²) in [5, 5.41) is 7.75. The van der Waals surface area contributed by atoms with Crippen LogP contribution in [0.4, 0.5) is 14.5 Å². The maximum Gasteiger partial charge on any atom is 0.246 e. The molecule has 3 aromatic heterocycles. The number of hydrogen-bond acceptors (Lipinski definition) is 8. The van der Waals surface area contributed by atoms with E-state index in [1.807, 2.05) is 29.1 Å². The number of fused-ring (bicyclic) bond motifs is 2. The number of ether oxygens (including phenoxy) is 2. The minimum absolute atomic E-state index is 0.0525. The highest BCUT2D eigenvalue weighted by Gasteiger charge is 2.31. The predicted molar refractivity (Wildman–Crippen MR) is 189 cm³/mol. The molecular formula is C37H38F2N6O3S. The zero-order chi connectivity index (χ0) is 34.2. The molecule has 0 spiro atoms. The van der Waals surface area contributed by atoms with E-state index in [4.69, 9.17) is 19.6 Å². The van der Waals surface area contributed by atoms with E-state index in [0.717, 1.165) is 65.0 Å². The van der Waals surface area contributed by atoms with Gasteiger partial charge in [0.25, 0.3) is 0 Å². The van der Waals surface area contributed by atoms with Gasteiger partial charge in [0.15, 0.2) is 0 Å². The van der Waals surface area contributed by atoms with Crippen molar-refractivity contribution < 1.29 is 23.0 Å². The smallest absolute Gasteiger partial charge is 0.246 e. The molecule has 49 heavy (non-hydrogen) atoms. The number of nitrogens with zero attached hydrogens (tertiary/aromatic N) is 6. The molecule has 0 bridgehead atoms. The number of carbonyl (C=O) groups is 1. The first-order valence-electron chi connectivity index (χ1n) is 16.3. The van der Waals surface area contributed by atoms with Gasteiger partial charge < -0.3 is 24.2 Å². The third-order valence-electron chi connectivity index (χ3n) is 9.39. The summed E-state index contributed by atoms with van der Waals surface area (Å²) in [6, 6.07) is 14.1. The Balaban J connectivity index is 1.42. The van der Waals surface area contributed by atoms with Crippen molar-refractivity contribution in [2.45, 2.75) is 19.5 Å². The van der Waals surface area contributed by atoms with Gasteiger partial charge in [0.2, 0.25) is 5.91 Å². The molecule has 0 radical (unpaired) electrons. The number of methoxy groups -OCH3 is 1. The maximum atomic E-state index is 16.1. The van der Waals surface area contributed by atoms with Crippen LogP contribution in [-0.2, 0) is 16.1 Å². The molecule has 0 saturated carbocycles. The summed E-state index contributed by atoms with van der Waals surface area (Å²) in [6.45, 7) is 10.8. The van der Waals surface area contributed by atoms with Gasteiger partial charge in [-0.15, -0.1) is 11.3 Å². The Morgan fingerprint density at radius 1 is 1.00 bits per heavy atom. The van der Waals surface area contributed by atoms with Crippen LogP contribution in [0.25, 0.3) is 43.9 Å². The molecule has 5 aromatic rings. The number of piperazine rings is 1. The van der Waals surface area contributed by atoms with Crippen molar-refractivity contribution in [1.82, 2.24) is 24.6 Å². The van der Waals surface area contributed by atoms with Crippen molar-refractivity contribution in [3.63, 3.8) is 0 Å². The summed E-state index contributed by atoms with van der Waals surface area (Å²) in [4.78, 5) is 24.3. The lowest BCUT2D eigenvalue weighted by atomic mass is 9.96. The van der Waals surface area contributed by atoms with Crippen molar-refractivity contribution >= 4 is 33.0 Å². The molecule has 12 heteroatoms. The highest BCUT2D eigenvalue weighted by Crippen LogP contribution is 2.47. The number of thiophene rings is 1. The maximum absolute atomic E-state index is 16.1. The standard InChI is InChI=1S/C37H38F2N6O3S/c1-5-32(46)44-15-16-45-30(23(44)2)22-29(41-45)36-34(33-28(39)20-25(38)21-31(33)48-18-17-47-4)37-27(10-19-49-37)35(40-36)24-6-8-26(9-7-24)43-13-11-42(3)12-14-43/h5-10,19-23H,1,11-18H2,2-4H3. The minimum atomic E-state index is -0.769. The molecule has 1 fully saturated rings. The summed E-state index contributed by atoms with van der Waals surface area (Å²) in [5.74, 6) is -1.62. The average molecular weight is 685 g/mol. The normalized spacial score (nSPS) is 16.6. The molecule has 1 amide bonds. The molecule has 5 heterocycles. The van der Waals surface area contributed by atoms with Crippen LogP contribution in [0.3, 0.4) is 0 Å². The van der Waals surface area contributed by atoms with Crippen molar-refractivity contribution in [2.75, 3.05) is 65.0 Å². The van der Waals surface area contributed by atoms with Gasteiger partial charge in [0, 0.05) is 78.9 Å². The molecule has 1 atom stereocenters. The molecule has 0 aliphatic carbocycles. The van der Waals surface area contributed by atoms with Crippen LogP contribution in [-0.4, -0.2) is 90.6 Å². The molecule has 9 nitrogen and oxygen atoms in total. The SMILES string of the molecule is C=CC(=O)N1CCn2nc(-c3nc(-c4ccc(N5CCN(C)CC5)cc4)c4ccsc4c3-c3c(F)cc(F)cc3OCCOC)cc2C1C. The summed E-state index contributed by atoms with van der Waals surface area (Å²) >= 11 is 1.45. The van der Waals surface area contributed by atoms with Crippen LogP contribution < -0.4 is 9.64 Å². The van der Waals surface area contributed by atoms with E-state index in [0.29, 0.717) is 30.0 Å². The van der Waals surface area contributed by atoms with E-state index in [9.17, 15) is 9.18 Å². The third kappa shape index (κ3) is 6.20. The second-order valence-electron chi connectivity index (χ2n) is 12.4. The van der Waals surface area contributed by atoms with Gasteiger partial charge in [0.05, 0.1) is 36.1 Å². The van der Waals surface area contributed by atoms with E-state index in [1.54, 1.807) is 4.90 Å². The number of halogens is 2.